The minimum absolute atomic E-state index is 0.0699. The molecule has 1 aromatic carbocycles. The van der Waals surface area contributed by atoms with Gasteiger partial charge in [0.25, 0.3) is 5.78 Å². The molecule has 0 aliphatic carbocycles. The van der Waals surface area contributed by atoms with Crippen molar-refractivity contribution in [3.05, 3.63) is 29.6 Å². The first-order chi connectivity index (χ1) is 8.58. The van der Waals surface area contributed by atoms with Crippen LogP contribution >= 0.6 is 0 Å². The first-order valence-corrected chi connectivity index (χ1v) is 5.73. The molecule has 18 heavy (non-hydrogen) atoms. The number of carbonyl (C=O) groups is 2. The molecule has 0 bridgehead atoms. The van der Waals surface area contributed by atoms with E-state index in [1.165, 1.54) is 6.07 Å². The van der Waals surface area contributed by atoms with Crippen molar-refractivity contribution in [3.63, 3.8) is 0 Å². The Morgan fingerprint density at radius 3 is 2.56 bits per heavy atom. The predicted octanol–water partition coefficient (Wildman–Crippen LogP) is 2.36. The smallest absolute Gasteiger partial charge is 0.379 e. The van der Waals surface area contributed by atoms with Crippen molar-refractivity contribution in [2.24, 2.45) is 0 Å². The van der Waals surface area contributed by atoms with Gasteiger partial charge in [-0.05, 0) is 25.5 Å². The molecule has 1 rings (SSSR count). The molecule has 0 aliphatic rings. The number of carbonyl (C=O) groups excluding carboxylic acids is 2. The molecule has 0 amide bonds. The number of rotatable bonds is 6. The van der Waals surface area contributed by atoms with Gasteiger partial charge in [-0.25, -0.2) is 9.18 Å². The van der Waals surface area contributed by atoms with Crippen LogP contribution in [0.1, 0.15) is 30.6 Å². The lowest BCUT2D eigenvalue weighted by atomic mass is 10.1. The molecule has 0 saturated carbocycles. The molecule has 5 heteroatoms. The van der Waals surface area contributed by atoms with E-state index in [2.05, 4.69) is 4.74 Å². The second kappa shape index (κ2) is 6.74. The van der Waals surface area contributed by atoms with E-state index < -0.39 is 17.6 Å². The number of benzene rings is 1. The summed E-state index contributed by atoms with van der Waals surface area (Å²) in [4.78, 5) is 22.9. The molecule has 0 spiro atoms. The Morgan fingerprint density at radius 2 is 1.94 bits per heavy atom. The van der Waals surface area contributed by atoms with Crippen LogP contribution in [-0.4, -0.2) is 25.0 Å². The standard InChI is InChI=1S/C13H15FO4/c1-3-5-18-11-7-9(6-10(14)8-11)12(15)13(16)17-4-2/h6-8H,3-5H2,1-2H3. The molecule has 1 aromatic rings. The fourth-order valence-electron chi connectivity index (χ4n) is 1.31. The van der Waals surface area contributed by atoms with Gasteiger partial charge in [-0.3, -0.25) is 4.79 Å². The predicted molar refractivity (Wildman–Crippen MR) is 63.1 cm³/mol. The highest BCUT2D eigenvalue weighted by Crippen LogP contribution is 2.17. The maximum atomic E-state index is 13.3. The third-order valence-corrected chi connectivity index (χ3v) is 2.07. The highest BCUT2D eigenvalue weighted by atomic mass is 19.1. The third kappa shape index (κ3) is 3.84. The van der Waals surface area contributed by atoms with Crippen molar-refractivity contribution in [2.45, 2.75) is 20.3 Å². The molecule has 4 nitrogen and oxygen atoms in total. The second-order valence-electron chi connectivity index (χ2n) is 3.57. The Bertz CT molecular complexity index is 443. The summed E-state index contributed by atoms with van der Waals surface area (Å²) in [6.45, 7) is 4.01. The van der Waals surface area contributed by atoms with Gasteiger partial charge in [-0.2, -0.15) is 0 Å². The number of esters is 1. The molecule has 0 unspecified atom stereocenters. The van der Waals surface area contributed by atoms with E-state index in [-0.39, 0.29) is 17.9 Å². The van der Waals surface area contributed by atoms with Crippen molar-refractivity contribution in [1.82, 2.24) is 0 Å². The average Bonchev–Trinajstić information content (AvgIpc) is 2.35. The zero-order chi connectivity index (χ0) is 13.5. The number of ether oxygens (including phenoxy) is 2. The first-order valence-electron chi connectivity index (χ1n) is 5.73. The number of hydrogen-bond donors (Lipinski definition) is 0. The highest BCUT2D eigenvalue weighted by Gasteiger charge is 2.19. The highest BCUT2D eigenvalue weighted by molar-refractivity contribution is 6.40. The Labute approximate surface area is 105 Å². The quantitative estimate of drug-likeness (QED) is 0.444. The van der Waals surface area contributed by atoms with Crippen molar-refractivity contribution >= 4 is 11.8 Å². The molecular weight excluding hydrogens is 239 g/mol. The van der Waals surface area contributed by atoms with Gasteiger partial charge >= 0.3 is 5.97 Å². The summed E-state index contributed by atoms with van der Waals surface area (Å²) < 4.78 is 23.1. The molecule has 0 aromatic heterocycles. The summed E-state index contributed by atoms with van der Waals surface area (Å²) in [7, 11) is 0. The maximum Gasteiger partial charge on any atom is 0.379 e. The van der Waals surface area contributed by atoms with E-state index in [1.54, 1.807) is 6.92 Å². The van der Waals surface area contributed by atoms with Gasteiger partial charge in [-0.15, -0.1) is 0 Å². The van der Waals surface area contributed by atoms with Crippen LogP contribution in [0.4, 0.5) is 4.39 Å². The molecular formula is C13H15FO4. The van der Waals surface area contributed by atoms with Crippen LogP contribution in [-0.2, 0) is 9.53 Å². The normalized spacial score (nSPS) is 9.94. The molecule has 0 radical (unpaired) electrons. The van der Waals surface area contributed by atoms with Gasteiger partial charge < -0.3 is 9.47 Å². The molecule has 0 aliphatic heterocycles. The number of halogens is 1. The van der Waals surface area contributed by atoms with Gasteiger partial charge in [-0.1, -0.05) is 6.92 Å². The average molecular weight is 254 g/mol. The maximum absolute atomic E-state index is 13.3. The number of hydrogen-bond acceptors (Lipinski definition) is 4. The lowest BCUT2D eigenvalue weighted by Crippen LogP contribution is -2.17. The Hall–Kier alpha value is -1.91. The number of Topliss-reactive ketones (excluding diaryl/α,β-unsaturated/α-hetero) is 1. The van der Waals surface area contributed by atoms with Gasteiger partial charge in [0.05, 0.1) is 13.2 Å². The van der Waals surface area contributed by atoms with Crippen molar-refractivity contribution in [2.75, 3.05) is 13.2 Å². The molecule has 0 saturated heterocycles. The van der Waals surface area contributed by atoms with Crippen molar-refractivity contribution in [1.29, 1.82) is 0 Å². The van der Waals surface area contributed by atoms with E-state index in [4.69, 9.17) is 4.74 Å². The SMILES string of the molecule is CCCOc1cc(F)cc(C(=O)C(=O)OCC)c1. The third-order valence-electron chi connectivity index (χ3n) is 2.07. The largest absolute Gasteiger partial charge is 0.493 e. The minimum Gasteiger partial charge on any atom is -0.493 e. The van der Waals surface area contributed by atoms with E-state index in [0.29, 0.717) is 6.61 Å². The molecule has 0 atom stereocenters. The van der Waals surface area contributed by atoms with Crippen molar-refractivity contribution < 1.29 is 23.5 Å². The van der Waals surface area contributed by atoms with Crippen LogP contribution in [0.15, 0.2) is 18.2 Å². The first kappa shape index (κ1) is 14.2. The summed E-state index contributed by atoms with van der Waals surface area (Å²) in [6.07, 6.45) is 0.762. The van der Waals surface area contributed by atoms with E-state index >= 15 is 0 Å². The molecule has 0 heterocycles. The Morgan fingerprint density at radius 1 is 1.22 bits per heavy atom. The lowest BCUT2D eigenvalue weighted by Gasteiger charge is -2.07. The van der Waals surface area contributed by atoms with E-state index in [0.717, 1.165) is 18.6 Å². The summed E-state index contributed by atoms with van der Waals surface area (Å²) in [5, 5.41) is 0. The Kier molecular flexibility index (Phi) is 5.30. The van der Waals surface area contributed by atoms with Crippen LogP contribution in [0.25, 0.3) is 0 Å². The zero-order valence-corrected chi connectivity index (χ0v) is 10.4. The second-order valence-corrected chi connectivity index (χ2v) is 3.57. The van der Waals surface area contributed by atoms with Gasteiger partial charge in [0.15, 0.2) is 0 Å². The molecule has 0 N–H and O–H groups in total. The summed E-state index contributed by atoms with van der Waals surface area (Å²) in [5.41, 5.74) is -0.0699. The lowest BCUT2D eigenvalue weighted by molar-refractivity contribution is -0.137. The molecule has 98 valence electrons. The van der Waals surface area contributed by atoms with Crippen LogP contribution < -0.4 is 4.74 Å². The van der Waals surface area contributed by atoms with Gasteiger partial charge in [0.2, 0.25) is 0 Å². The molecule has 0 fully saturated rings. The van der Waals surface area contributed by atoms with Crippen LogP contribution in [0.2, 0.25) is 0 Å². The van der Waals surface area contributed by atoms with Gasteiger partial charge in [0, 0.05) is 11.6 Å². The van der Waals surface area contributed by atoms with E-state index in [9.17, 15) is 14.0 Å². The number of ketones is 1. The van der Waals surface area contributed by atoms with Crippen molar-refractivity contribution in [3.8, 4) is 5.75 Å². The van der Waals surface area contributed by atoms with Crippen LogP contribution in [0, 0.1) is 5.82 Å². The zero-order valence-electron chi connectivity index (χ0n) is 10.4. The summed E-state index contributed by atoms with van der Waals surface area (Å²) >= 11 is 0. The van der Waals surface area contributed by atoms with Crippen LogP contribution in [0.5, 0.6) is 5.75 Å². The topological polar surface area (TPSA) is 52.6 Å². The van der Waals surface area contributed by atoms with Gasteiger partial charge in [0.1, 0.15) is 11.6 Å². The fourth-order valence-corrected chi connectivity index (χ4v) is 1.31. The van der Waals surface area contributed by atoms with E-state index in [1.807, 2.05) is 6.92 Å². The fraction of sp³-hybridized carbons (Fsp3) is 0.385. The summed E-state index contributed by atoms with van der Waals surface area (Å²) in [6, 6.07) is 3.48. The summed E-state index contributed by atoms with van der Waals surface area (Å²) in [5.74, 6) is -2.28. The van der Waals surface area contributed by atoms with Crippen LogP contribution in [0.3, 0.4) is 0 Å². The monoisotopic (exact) mass is 254 g/mol. The Balaban J connectivity index is 2.91. The minimum atomic E-state index is -0.996.